The molecule has 0 aromatic heterocycles. The molecule has 13 heavy (non-hydrogen) atoms. The fraction of sp³-hybridized carbons (Fsp3) is 0.800. The molecule has 0 radical (unpaired) electrons. The molecule has 1 saturated carbocycles. The second-order valence-corrected chi connectivity index (χ2v) is 4.25. The highest BCUT2D eigenvalue weighted by atomic mass is 16.1. The SMILES string of the molecule is CC(C)N1N=C(C2CC2)CC1C=O. The predicted octanol–water partition coefficient (Wildman–Crippen LogP) is 1.43. The van der Waals surface area contributed by atoms with Gasteiger partial charge >= 0.3 is 0 Å². The summed E-state index contributed by atoms with van der Waals surface area (Å²) in [7, 11) is 0. The number of hydrogen-bond donors (Lipinski definition) is 0. The zero-order valence-corrected chi connectivity index (χ0v) is 8.23. The molecule has 72 valence electrons. The standard InChI is InChI=1S/C10H16N2O/c1-7(2)12-9(6-13)5-10(11-12)8-3-4-8/h6-9H,3-5H2,1-2H3. The van der Waals surface area contributed by atoms with Crippen molar-refractivity contribution in [1.29, 1.82) is 0 Å². The lowest BCUT2D eigenvalue weighted by molar-refractivity contribution is -0.112. The van der Waals surface area contributed by atoms with Crippen molar-refractivity contribution in [2.45, 2.75) is 45.2 Å². The first-order valence-electron chi connectivity index (χ1n) is 5.03. The highest BCUT2D eigenvalue weighted by Crippen LogP contribution is 2.35. The molecule has 2 aliphatic rings. The van der Waals surface area contributed by atoms with Crippen molar-refractivity contribution in [3.63, 3.8) is 0 Å². The molecule has 0 aromatic rings. The number of hydrogen-bond acceptors (Lipinski definition) is 3. The lowest BCUT2D eigenvalue weighted by atomic mass is 10.1. The molecule has 0 spiro atoms. The molecule has 1 atom stereocenters. The molecule has 3 nitrogen and oxygen atoms in total. The smallest absolute Gasteiger partial charge is 0.144 e. The largest absolute Gasteiger partial charge is 0.301 e. The van der Waals surface area contributed by atoms with E-state index in [0.29, 0.717) is 12.0 Å². The number of carbonyl (C=O) groups is 1. The number of hydrazone groups is 1. The van der Waals surface area contributed by atoms with E-state index in [0.717, 1.165) is 12.7 Å². The minimum absolute atomic E-state index is 0.00981. The summed E-state index contributed by atoms with van der Waals surface area (Å²) in [5, 5.41) is 6.47. The Labute approximate surface area is 78.8 Å². The van der Waals surface area contributed by atoms with Crippen LogP contribution in [-0.2, 0) is 4.79 Å². The third kappa shape index (κ3) is 1.60. The highest BCUT2D eigenvalue weighted by molar-refractivity contribution is 5.92. The van der Waals surface area contributed by atoms with Gasteiger partial charge in [0.25, 0.3) is 0 Å². The van der Waals surface area contributed by atoms with Crippen molar-refractivity contribution in [3.05, 3.63) is 0 Å². The fourth-order valence-electron chi connectivity index (χ4n) is 1.84. The Kier molecular flexibility index (Phi) is 2.10. The Hall–Kier alpha value is -0.860. The van der Waals surface area contributed by atoms with Crippen LogP contribution >= 0.6 is 0 Å². The van der Waals surface area contributed by atoms with Gasteiger partial charge in [0.2, 0.25) is 0 Å². The molecule has 0 aromatic carbocycles. The van der Waals surface area contributed by atoms with Crippen molar-refractivity contribution in [2.75, 3.05) is 0 Å². The maximum Gasteiger partial charge on any atom is 0.144 e. The number of nitrogens with zero attached hydrogens (tertiary/aromatic N) is 2. The van der Waals surface area contributed by atoms with Crippen molar-refractivity contribution in [3.8, 4) is 0 Å². The van der Waals surface area contributed by atoms with Gasteiger partial charge in [-0.1, -0.05) is 0 Å². The van der Waals surface area contributed by atoms with E-state index < -0.39 is 0 Å². The Morgan fingerprint density at radius 2 is 2.23 bits per heavy atom. The van der Waals surface area contributed by atoms with Crippen LogP contribution in [0.15, 0.2) is 5.10 Å². The first-order valence-corrected chi connectivity index (χ1v) is 5.03. The molecular formula is C10H16N2O. The summed E-state index contributed by atoms with van der Waals surface area (Å²) in [6, 6.07) is 0.349. The van der Waals surface area contributed by atoms with Gasteiger partial charge in [0.1, 0.15) is 12.3 Å². The second kappa shape index (κ2) is 3.13. The van der Waals surface area contributed by atoms with Gasteiger partial charge in [0.05, 0.1) is 0 Å². The van der Waals surface area contributed by atoms with Crippen molar-refractivity contribution in [2.24, 2.45) is 11.0 Å². The average Bonchev–Trinajstić information content (AvgIpc) is 2.84. The molecule has 2 rings (SSSR count). The van der Waals surface area contributed by atoms with E-state index in [2.05, 4.69) is 18.9 Å². The summed E-state index contributed by atoms with van der Waals surface area (Å²) in [6.45, 7) is 4.16. The molecule has 1 fully saturated rings. The van der Waals surface area contributed by atoms with Crippen LogP contribution in [0.2, 0.25) is 0 Å². The van der Waals surface area contributed by atoms with E-state index in [1.54, 1.807) is 0 Å². The molecule has 0 N–H and O–H groups in total. The molecule has 1 heterocycles. The minimum Gasteiger partial charge on any atom is -0.301 e. The lowest BCUT2D eigenvalue weighted by Crippen LogP contribution is -2.33. The van der Waals surface area contributed by atoms with Crippen LogP contribution in [0.4, 0.5) is 0 Å². The maximum atomic E-state index is 10.8. The Morgan fingerprint density at radius 1 is 1.54 bits per heavy atom. The van der Waals surface area contributed by atoms with E-state index in [1.807, 2.05) is 5.01 Å². The fourth-order valence-corrected chi connectivity index (χ4v) is 1.84. The predicted molar refractivity (Wildman–Crippen MR) is 51.6 cm³/mol. The Morgan fingerprint density at radius 3 is 2.62 bits per heavy atom. The summed E-state index contributed by atoms with van der Waals surface area (Å²) < 4.78 is 0. The van der Waals surface area contributed by atoms with E-state index in [9.17, 15) is 4.79 Å². The maximum absolute atomic E-state index is 10.8. The van der Waals surface area contributed by atoms with Crippen LogP contribution in [0.1, 0.15) is 33.1 Å². The highest BCUT2D eigenvalue weighted by Gasteiger charge is 2.36. The molecular weight excluding hydrogens is 164 g/mol. The third-order valence-electron chi connectivity index (χ3n) is 2.74. The topological polar surface area (TPSA) is 32.7 Å². The van der Waals surface area contributed by atoms with E-state index >= 15 is 0 Å². The van der Waals surface area contributed by atoms with Crippen LogP contribution < -0.4 is 0 Å². The quantitative estimate of drug-likeness (QED) is 0.615. The molecule has 1 aliphatic carbocycles. The number of carbonyl (C=O) groups excluding carboxylic acids is 1. The van der Waals surface area contributed by atoms with Gasteiger partial charge in [-0.05, 0) is 32.6 Å². The van der Waals surface area contributed by atoms with Gasteiger partial charge in [-0.25, -0.2) is 0 Å². The monoisotopic (exact) mass is 180 g/mol. The zero-order chi connectivity index (χ0) is 9.42. The summed E-state index contributed by atoms with van der Waals surface area (Å²) in [6.07, 6.45) is 4.44. The van der Waals surface area contributed by atoms with Gasteiger partial charge in [0.15, 0.2) is 0 Å². The van der Waals surface area contributed by atoms with Gasteiger partial charge in [0, 0.05) is 18.2 Å². The van der Waals surface area contributed by atoms with E-state index in [4.69, 9.17) is 0 Å². The van der Waals surface area contributed by atoms with Gasteiger partial charge in [-0.15, -0.1) is 0 Å². The summed E-state index contributed by atoms with van der Waals surface area (Å²) >= 11 is 0. The third-order valence-corrected chi connectivity index (χ3v) is 2.74. The van der Waals surface area contributed by atoms with Crippen molar-refractivity contribution in [1.82, 2.24) is 5.01 Å². The minimum atomic E-state index is 0.00981. The van der Waals surface area contributed by atoms with Crippen molar-refractivity contribution >= 4 is 12.0 Å². The molecule has 0 amide bonds. The normalized spacial score (nSPS) is 28.1. The van der Waals surface area contributed by atoms with E-state index in [-0.39, 0.29) is 6.04 Å². The van der Waals surface area contributed by atoms with Crippen LogP contribution in [-0.4, -0.2) is 29.1 Å². The molecule has 0 bridgehead atoms. The average molecular weight is 180 g/mol. The van der Waals surface area contributed by atoms with Crippen LogP contribution in [0.5, 0.6) is 0 Å². The summed E-state index contributed by atoms with van der Waals surface area (Å²) in [5.41, 5.74) is 1.26. The van der Waals surface area contributed by atoms with E-state index in [1.165, 1.54) is 18.6 Å². The van der Waals surface area contributed by atoms with Gasteiger partial charge in [-0.2, -0.15) is 5.10 Å². The number of aldehydes is 1. The first kappa shape index (κ1) is 8.73. The molecule has 0 saturated heterocycles. The van der Waals surface area contributed by atoms with Crippen LogP contribution in [0, 0.1) is 5.92 Å². The lowest BCUT2D eigenvalue weighted by Gasteiger charge is -2.22. The van der Waals surface area contributed by atoms with Crippen LogP contribution in [0.3, 0.4) is 0 Å². The first-order chi connectivity index (χ1) is 6.22. The van der Waals surface area contributed by atoms with Crippen LogP contribution in [0.25, 0.3) is 0 Å². The van der Waals surface area contributed by atoms with Gasteiger partial charge in [-0.3, -0.25) is 5.01 Å². The Bertz CT molecular complexity index is 243. The van der Waals surface area contributed by atoms with Gasteiger partial charge < -0.3 is 4.79 Å². The summed E-state index contributed by atoms with van der Waals surface area (Å²) in [5.74, 6) is 0.700. The zero-order valence-electron chi connectivity index (χ0n) is 8.23. The summed E-state index contributed by atoms with van der Waals surface area (Å²) in [4.78, 5) is 10.8. The molecule has 1 unspecified atom stereocenters. The molecule has 1 aliphatic heterocycles. The van der Waals surface area contributed by atoms with Crippen molar-refractivity contribution < 1.29 is 4.79 Å². The second-order valence-electron chi connectivity index (χ2n) is 4.25. The Balaban J connectivity index is 2.08. The molecule has 3 heteroatoms. The number of rotatable bonds is 3.